The Balaban J connectivity index is 1.56. The zero-order chi connectivity index (χ0) is 25.1. The molecular weight excluding hydrogens is 483 g/mol. The number of alkyl carbamates (subject to hydrolysis) is 1. The molecule has 10 nitrogen and oxygen atoms in total. The predicted molar refractivity (Wildman–Crippen MR) is 125 cm³/mol. The summed E-state index contributed by atoms with van der Waals surface area (Å²) >= 11 is 6.35. The maximum Gasteiger partial charge on any atom is 0.407 e. The molecule has 1 saturated heterocycles. The maximum atomic E-state index is 15.5. The van der Waals surface area contributed by atoms with E-state index < -0.39 is 23.9 Å². The Hall–Kier alpha value is -3.31. The Morgan fingerprint density at radius 1 is 1.29 bits per heavy atom. The second-order valence-corrected chi connectivity index (χ2v) is 8.47. The van der Waals surface area contributed by atoms with Crippen LogP contribution in [0.15, 0.2) is 18.2 Å². The van der Waals surface area contributed by atoms with Gasteiger partial charge in [0, 0.05) is 30.3 Å². The van der Waals surface area contributed by atoms with Gasteiger partial charge < -0.3 is 34.5 Å². The number of anilines is 1. The number of rotatable bonds is 7. The molecule has 12 heteroatoms. The number of aromatic nitrogens is 1. The van der Waals surface area contributed by atoms with Gasteiger partial charge in [-0.2, -0.15) is 0 Å². The van der Waals surface area contributed by atoms with Crippen LogP contribution in [0.2, 0.25) is 5.15 Å². The first kappa shape index (κ1) is 24.8. The van der Waals surface area contributed by atoms with Crippen molar-refractivity contribution in [3.63, 3.8) is 0 Å². The second-order valence-electron chi connectivity index (χ2n) is 8.11. The lowest BCUT2D eigenvalue weighted by Gasteiger charge is -2.32. The number of fused-ring (bicyclic) bond motifs is 1. The van der Waals surface area contributed by atoms with Gasteiger partial charge in [-0.05, 0) is 18.6 Å². The molecule has 0 unspecified atom stereocenters. The van der Waals surface area contributed by atoms with Crippen LogP contribution >= 0.6 is 11.6 Å². The average Bonchev–Trinajstić information content (AvgIpc) is 3.20. The number of benzene rings is 1. The molecule has 1 aromatic heterocycles. The first-order chi connectivity index (χ1) is 16.9. The Morgan fingerprint density at radius 3 is 2.80 bits per heavy atom. The van der Waals surface area contributed by atoms with Gasteiger partial charge in [-0.1, -0.05) is 11.6 Å². The molecule has 0 bridgehead atoms. The fourth-order valence-corrected chi connectivity index (χ4v) is 4.50. The quantitative estimate of drug-likeness (QED) is 0.549. The highest BCUT2D eigenvalue weighted by Gasteiger charge is 2.36. The zero-order valence-corrected chi connectivity index (χ0v) is 20.3. The van der Waals surface area contributed by atoms with E-state index in [-0.39, 0.29) is 47.8 Å². The fourth-order valence-electron chi connectivity index (χ4n) is 4.22. The van der Waals surface area contributed by atoms with E-state index in [1.54, 1.807) is 25.3 Å². The van der Waals surface area contributed by atoms with Gasteiger partial charge in [-0.3, -0.25) is 4.79 Å². The normalized spacial score (nSPS) is 19.2. The molecule has 2 aliphatic heterocycles. The van der Waals surface area contributed by atoms with Crippen LogP contribution in [0.4, 0.5) is 15.0 Å². The summed E-state index contributed by atoms with van der Waals surface area (Å²) in [6.07, 6.45) is -0.129. The van der Waals surface area contributed by atoms with Gasteiger partial charge in [0.25, 0.3) is 5.91 Å². The van der Waals surface area contributed by atoms with Gasteiger partial charge in [0.05, 0.1) is 52.1 Å². The molecule has 0 spiro atoms. The van der Waals surface area contributed by atoms with Crippen molar-refractivity contribution < 1.29 is 32.9 Å². The van der Waals surface area contributed by atoms with Gasteiger partial charge in [0.15, 0.2) is 11.6 Å². The van der Waals surface area contributed by atoms with Crippen LogP contribution in [0.1, 0.15) is 27.9 Å². The molecule has 2 amide bonds. The van der Waals surface area contributed by atoms with Crippen LogP contribution in [0, 0.1) is 5.82 Å². The van der Waals surface area contributed by atoms with Gasteiger partial charge >= 0.3 is 6.09 Å². The number of methoxy groups -OCH3 is 3. The van der Waals surface area contributed by atoms with Gasteiger partial charge in [-0.15, -0.1) is 0 Å². The first-order valence-electron chi connectivity index (χ1n) is 10.9. The zero-order valence-electron chi connectivity index (χ0n) is 19.5. The summed E-state index contributed by atoms with van der Waals surface area (Å²) in [6.45, 7) is 0.851. The molecule has 3 heterocycles. The topological polar surface area (TPSA) is 111 Å². The molecule has 0 aliphatic carbocycles. The minimum absolute atomic E-state index is 0.0176. The maximum absolute atomic E-state index is 15.5. The summed E-state index contributed by atoms with van der Waals surface area (Å²) in [5, 5.41) is 5.60. The summed E-state index contributed by atoms with van der Waals surface area (Å²) in [7, 11) is 4.33. The fraction of sp³-hybridized carbons (Fsp3) is 0.435. The number of pyridine rings is 1. The molecular formula is C23H26ClFN4O6. The molecule has 4 rings (SSSR count). The van der Waals surface area contributed by atoms with Crippen molar-refractivity contribution in [2.45, 2.75) is 31.6 Å². The molecule has 0 saturated carbocycles. The van der Waals surface area contributed by atoms with Crippen molar-refractivity contribution >= 4 is 29.4 Å². The van der Waals surface area contributed by atoms with Gasteiger partial charge in [0.1, 0.15) is 16.7 Å². The molecule has 2 aliphatic rings. The summed E-state index contributed by atoms with van der Waals surface area (Å²) in [4.78, 5) is 30.3. The van der Waals surface area contributed by atoms with E-state index in [9.17, 15) is 9.59 Å². The minimum Gasteiger partial charge on any atom is -0.497 e. The van der Waals surface area contributed by atoms with E-state index in [2.05, 4.69) is 20.4 Å². The van der Waals surface area contributed by atoms with Crippen LogP contribution in [-0.2, 0) is 22.6 Å². The predicted octanol–water partition coefficient (Wildman–Crippen LogP) is 2.97. The van der Waals surface area contributed by atoms with Crippen molar-refractivity contribution in [3.8, 4) is 11.5 Å². The lowest BCUT2D eigenvalue weighted by atomic mass is 10.0. The number of amides is 2. The molecule has 188 valence electrons. The number of carbonyl (C=O) groups excluding carboxylic acids is 2. The van der Waals surface area contributed by atoms with Gasteiger partial charge in [-0.25, -0.2) is 14.2 Å². The molecule has 1 fully saturated rings. The standard InChI is InChI=1S/C23H26ClFN4O6/c1-32-13-5-4-12(17(8-13)33-2)9-29-10-14-18(22(29)30)20(24)28-21(19(14)25)26-15-6-7-35-11-16(15)27-23(31)34-3/h4-5,8,15-16H,6-7,9-11H2,1-3H3,(H,26,28)(H,27,31)/t15-,16+/m1/s1. The van der Waals surface area contributed by atoms with Crippen molar-refractivity contribution in [2.75, 3.05) is 39.9 Å². The number of nitrogens with zero attached hydrogens (tertiary/aromatic N) is 2. The second kappa shape index (κ2) is 10.5. The highest BCUT2D eigenvalue weighted by Crippen LogP contribution is 2.36. The first-order valence-corrected chi connectivity index (χ1v) is 11.3. The van der Waals surface area contributed by atoms with E-state index in [1.807, 2.05) is 0 Å². The SMILES string of the molecule is COC(=O)N[C@H]1COCC[C@H]1Nc1nc(Cl)c2c(c1F)CN(Cc1ccc(OC)cc1OC)C2=O. The van der Waals surface area contributed by atoms with E-state index in [4.69, 9.17) is 25.8 Å². The summed E-state index contributed by atoms with van der Waals surface area (Å²) in [6, 6.07) is 4.42. The number of ether oxygens (including phenoxy) is 4. The third-order valence-corrected chi connectivity index (χ3v) is 6.34. The average molecular weight is 509 g/mol. The molecule has 2 aromatic rings. The minimum atomic E-state index is -0.662. The monoisotopic (exact) mass is 508 g/mol. The van der Waals surface area contributed by atoms with Crippen LogP contribution < -0.4 is 20.1 Å². The number of hydrogen-bond donors (Lipinski definition) is 2. The van der Waals surface area contributed by atoms with Crippen LogP contribution in [0.25, 0.3) is 0 Å². The van der Waals surface area contributed by atoms with Crippen molar-refractivity contribution in [1.82, 2.24) is 15.2 Å². The molecule has 2 atom stereocenters. The van der Waals surface area contributed by atoms with E-state index in [0.717, 1.165) is 5.56 Å². The Bertz CT molecular complexity index is 1130. The summed E-state index contributed by atoms with van der Waals surface area (Å²) in [5.74, 6) is -0.0102. The molecule has 2 N–H and O–H groups in total. The van der Waals surface area contributed by atoms with Crippen LogP contribution in [-0.4, -0.2) is 68.5 Å². The Kier molecular flexibility index (Phi) is 7.46. The van der Waals surface area contributed by atoms with Crippen LogP contribution in [0.5, 0.6) is 11.5 Å². The highest BCUT2D eigenvalue weighted by atomic mass is 35.5. The van der Waals surface area contributed by atoms with Crippen molar-refractivity contribution in [1.29, 1.82) is 0 Å². The number of halogens is 2. The van der Waals surface area contributed by atoms with E-state index in [1.165, 1.54) is 19.1 Å². The van der Waals surface area contributed by atoms with Gasteiger partial charge in [0.2, 0.25) is 0 Å². The largest absolute Gasteiger partial charge is 0.497 e. The van der Waals surface area contributed by atoms with E-state index in [0.29, 0.717) is 24.5 Å². The molecule has 35 heavy (non-hydrogen) atoms. The lowest BCUT2D eigenvalue weighted by molar-refractivity contribution is 0.0607. The van der Waals surface area contributed by atoms with Crippen molar-refractivity contribution in [2.24, 2.45) is 0 Å². The number of nitrogens with one attached hydrogen (secondary N) is 2. The number of carbonyl (C=O) groups is 2. The number of hydrogen-bond acceptors (Lipinski definition) is 8. The van der Waals surface area contributed by atoms with Crippen molar-refractivity contribution in [3.05, 3.63) is 45.9 Å². The Morgan fingerprint density at radius 2 is 2.09 bits per heavy atom. The molecule has 1 aromatic carbocycles. The third-order valence-electron chi connectivity index (χ3n) is 6.06. The Labute approximate surface area is 206 Å². The highest BCUT2D eigenvalue weighted by molar-refractivity contribution is 6.33. The van der Waals surface area contributed by atoms with E-state index >= 15 is 4.39 Å². The lowest BCUT2D eigenvalue weighted by Crippen LogP contribution is -2.52. The van der Waals surface area contributed by atoms with Crippen LogP contribution in [0.3, 0.4) is 0 Å². The summed E-state index contributed by atoms with van der Waals surface area (Å²) < 4.78 is 36.3. The third kappa shape index (κ3) is 5.06. The smallest absolute Gasteiger partial charge is 0.407 e. The molecule has 0 radical (unpaired) electrons. The summed E-state index contributed by atoms with van der Waals surface area (Å²) in [5.41, 5.74) is 0.934.